The molecule has 1 unspecified atom stereocenters. The number of likely N-dealkylation sites (tertiary alicyclic amines) is 2. The summed E-state index contributed by atoms with van der Waals surface area (Å²) in [5.41, 5.74) is 5.84. The smallest absolute Gasteiger partial charge is 0.407 e. The number of rotatable bonds is 12. The van der Waals surface area contributed by atoms with E-state index < -0.39 is 24.6 Å². The van der Waals surface area contributed by atoms with Gasteiger partial charge in [0.15, 0.2) is 0 Å². The first kappa shape index (κ1) is 40.1. The van der Waals surface area contributed by atoms with Crippen LogP contribution in [0.1, 0.15) is 84.0 Å². The average molecular weight is 817 g/mol. The minimum Gasteiger partial charge on any atom is -0.453 e. The highest BCUT2D eigenvalue weighted by molar-refractivity contribution is 6.05. The van der Waals surface area contributed by atoms with E-state index in [1.807, 2.05) is 43.7 Å². The van der Waals surface area contributed by atoms with Gasteiger partial charge in [-0.1, -0.05) is 77.1 Å². The van der Waals surface area contributed by atoms with Crippen LogP contribution in [0.4, 0.5) is 4.79 Å². The maximum Gasteiger partial charge on any atom is 0.407 e. The van der Waals surface area contributed by atoms with Gasteiger partial charge in [-0.25, -0.2) is 14.8 Å². The first-order chi connectivity index (χ1) is 28.9. The van der Waals surface area contributed by atoms with Gasteiger partial charge in [0, 0.05) is 24.6 Å². The number of imidazole rings is 2. The van der Waals surface area contributed by atoms with Crippen LogP contribution < -0.4 is 10.6 Å². The van der Waals surface area contributed by atoms with Crippen molar-refractivity contribution in [2.45, 2.75) is 103 Å². The molecule has 316 valence electrons. The number of aromatic nitrogens is 4. The number of aliphatic hydroxyl groups excluding tert-OH is 1. The van der Waals surface area contributed by atoms with Crippen LogP contribution >= 0.6 is 0 Å². The Balaban J connectivity index is 0.934. The maximum atomic E-state index is 14.1. The van der Waals surface area contributed by atoms with Crippen LogP contribution in [0.15, 0.2) is 60.8 Å². The van der Waals surface area contributed by atoms with Crippen LogP contribution in [0.3, 0.4) is 0 Å². The minimum atomic E-state index is -1.23. The first-order valence-corrected chi connectivity index (χ1v) is 21.4. The third-order valence-corrected chi connectivity index (χ3v) is 13.8. The summed E-state index contributed by atoms with van der Waals surface area (Å²) in [7, 11) is 2.72. The lowest BCUT2D eigenvalue weighted by Crippen LogP contribution is -2.54. The molecule has 2 aliphatic heterocycles. The highest BCUT2D eigenvalue weighted by Gasteiger charge is 2.61. The predicted octanol–water partition coefficient (Wildman–Crippen LogP) is 6.65. The van der Waals surface area contributed by atoms with Crippen molar-refractivity contribution in [3.05, 3.63) is 72.4 Å². The molecule has 14 heteroatoms. The average Bonchev–Trinajstić information content (AvgIpc) is 3.97. The molecule has 2 bridgehead atoms. The third kappa shape index (κ3) is 6.91. The van der Waals surface area contributed by atoms with Gasteiger partial charge in [-0.15, -0.1) is 0 Å². The van der Waals surface area contributed by atoms with Gasteiger partial charge in [-0.2, -0.15) is 0 Å². The number of alkyl carbamates (subject to hydrolysis) is 1. The molecular weight excluding hydrogens is 761 g/mol. The number of piperidine rings is 2. The molecular formula is C46H56N8O6. The molecule has 3 aromatic carbocycles. The van der Waals surface area contributed by atoms with E-state index in [4.69, 9.17) is 19.4 Å². The fourth-order valence-electron chi connectivity index (χ4n) is 10.5. The summed E-state index contributed by atoms with van der Waals surface area (Å²) in [6.45, 7) is 10.0. The van der Waals surface area contributed by atoms with Crippen molar-refractivity contribution >= 4 is 39.7 Å². The van der Waals surface area contributed by atoms with E-state index in [0.717, 1.165) is 81.5 Å². The van der Waals surface area contributed by atoms with Crippen molar-refractivity contribution in [2.24, 2.45) is 29.6 Å². The Kier molecular flexibility index (Phi) is 10.4. The second-order valence-electron chi connectivity index (χ2n) is 18.0. The standard InChI is InChI=1S/C46H56N8O6/c1-22(2)36(51-45(57)59-6)43(55)53-30-15-12-29(19-30)40(53)42-47-21-34(49-42)26-10-8-25(9-11-26)27-13-16-31-28(18-27)14-17-33-38(31)50-41(48-33)35-20-32-24(5)39(32)54(35)44(56)37(23(3)4)52-46(58)60-7/h8-11,13-14,16-18,21-24,29-30,32,35-37,39-40,46,52,58H,12,15,19-20H2,1-7H3,(H,47,49)(H,48,50)(H,51,57)/t24-,29+,30-,32+,35+,36+,37+,39-,40+,46?/m1/s1. The highest BCUT2D eigenvalue weighted by atomic mass is 16.6. The van der Waals surface area contributed by atoms with Crippen LogP contribution in [0.2, 0.25) is 0 Å². The number of fused-ring (bicyclic) bond motifs is 6. The van der Waals surface area contributed by atoms with Crippen LogP contribution in [-0.2, 0) is 19.1 Å². The molecule has 4 fully saturated rings. The van der Waals surface area contributed by atoms with E-state index in [1.54, 1.807) is 0 Å². The van der Waals surface area contributed by atoms with E-state index in [-0.39, 0.29) is 47.8 Å². The fraction of sp³-hybridized carbons (Fsp3) is 0.500. The largest absolute Gasteiger partial charge is 0.453 e. The number of H-pyrrole nitrogens is 2. The zero-order valence-electron chi connectivity index (χ0n) is 35.3. The number of amides is 3. The number of aromatic amines is 2. The maximum absolute atomic E-state index is 14.1. The summed E-state index contributed by atoms with van der Waals surface area (Å²) < 4.78 is 9.87. The lowest BCUT2D eigenvalue weighted by Gasteiger charge is -2.37. The molecule has 4 aliphatic rings. The van der Waals surface area contributed by atoms with Crippen molar-refractivity contribution in [1.29, 1.82) is 0 Å². The summed E-state index contributed by atoms with van der Waals surface area (Å²) in [6, 6.07) is 17.7. The molecule has 2 aliphatic carbocycles. The lowest BCUT2D eigenvalue weighted by molar-refractivity contribution is -0.146. The Morgan fingerprint density at radius 2 is 1.57 bits per heavy atom. The lowest BCUT2D eigenvalue weighted by atomic mass is 9.95. The number of benzene rings is 3. The first-order valence-electron chi connectivity index (χ1n) is 21.4. The normalized spacial score (nSPS) is 25.9. The molecule has 14 nitrogen and oxygen atoms in total. The SMILES string of the molecule is COC(=O)N[C@H](C(=O)N1[C@@H]2CC[C@@H](C2)[C@H]1c1ncc(-c2ccc(-c3ccc4c(ccc5[nH]c([C@@H]6C[C@H]7[C@@H](C)[C@H]7N6C(=O)[C@@H](NC(O)OC)C(C)C)nc54)c3)cc2)[nH]1)C(C)C. The van der Waals surface area contributed by atoms with Gasteiger partial charge in [0.05, 0.1) is 48.2 Å². The summed E-state index contributed by atoms with van der Waals surface area (Å²) in [6.07, 6.45) is 3.78. The van der Waals surface area contributed by atoms with Gasteiger partial charge in [-0.05, 0) is 89.5 Å². The molecule has 5 aromatic rings. The molecule has 60 heavy (non-hydrogen) atoms. The summed E-state index contributed by atoms with van der Waals surface area (Å²) in [5.74, 6) is 2.44. The molecule has 2 saturated heterocycles. The topological polar surface area (TPSA) is 178 Å². The highest BCUT2D eigenvalue weighted by Crippen LogP contribution is 2.58. The van der Waals surface area contributed by atoms with Gasteiger partial charge >= 0.3 is 6.09 Å². The van der Waals surface area contributed by atoms with Crippen LogP contribution in [-0.4, -0.2) is 97.6 Å². The Morgan fingerprint density at radius 1 is 0.850 bits per heavy atom. The van der Waals surface area contributed by atoms with Crippen molar-refractivity contribution in [1.82, 2.24) is 40.4 Å². The Bertz CT molecular complexity index is 2430. The molecule has 10 atom stereocenters. The number of methoxy groups -OCH3 is 2. The van der Waals surface area contributed by atoms with E-state index in [2.05, 4.69) is 82.1 Å². The summed E-state index contributed by atoms with van der Waals surface area (Å²) in [5, 5.41) is 18.0. The summed E-state index contributed by atoms with van der Waals surface area (Å²) in [4.78, 5) is 61.3. The van der Waals surface area contributed by atoms with E-state index >= 15 is 0 Å². The van der Waals surface area contributed by atoms with E-state index in [0.29, 0.717) is 17.8 Å². The van der Waals surface area contributed by atoms with Crippen molar-refractivity contribution < 1.29 is 29.0 Å². The third-order valence-electron chi connectivity index (χ3n) is 13.8. The number of nitrogens with one attached hydrogen (secondary N) is 4. The monoisotopic (exact) mass is 816 g/mol. The van der Waals surface area contributed by atoms with E-state index in [9.17, 15) is 19.5 Å². The molecule has 0 radical (unpaired) electrons. The molecule has 0 spiro atoms. The number of ether oxygens (including phenoxy) is 2. The van der Waals surface area contributed by atoms with Gasteiger partial charge in [-0.3, -0.25) is 14.9 Å². The van der Waals surface area contributed by atoms with Crippen LogP contribution in [0.25, 0.3) is 44.2 Å². The van der Waals surface area contributed by atoms with Gasteiger partial charge in [0.1, 0.15) is 17.7 Å². The van der Waals surface area contributed by atoms with Crippen molar-refractivity contribution in [3.8, 4) is 22.4 Å². The van der Waals surface area contributed by atoms with Crippen LogP contribution in [0, 0.1) is 29.6 Å². The Hall–Kier alpha value is -5.31. The zero-order valence-corrected chi connectivity index (χ0v) is 35.3. The summed E-state index contributed by atoms with van der Waals surface area (Å²) >= 11 is 0. The number of nitrogens with zero attached hydrogens (tertiary/aromatic N) is 4. The second kappa shape index (κ2) is 15.6. The van der Waals surface area contributed by atoms with Crippen molar-refractivity contribution in [3.63, 3.8) is 0 Å². The van der Waals surface area contributed by atoms with Gasteiger partial charge < -0.3 is 39.7 Å². The van der Waals surface area contributed by atoms with Gasteiger partial charge in [0.25, 0.3) is 0 Å². The van der Waals surface area contributed by atoms with Crippen LogP contribution in [0.5, 0.6) is 0 Å². The number of hydrogen-bond donors (Lipinski definition) is 5. The molecule has 2 aromatic heterocycles. The molecule has 9 rings (SSSR count). The second-order valence-corrected chi connectivity index (χ2v) is 18.0. The molecule has 5 N–H and O–H groups in total. The fourth-order valence-corrected chi connectivity index (χ4v) is 10.5. The number of carbonyl (C=O) groups is 3. The predicted molar refractivity (Wildman–Crippen MR) is 227 cm³/mol. The minimum absolute atomic E-state index is 0.0396. The number of carbonyl (C=O) groups excluding carboxylic acids is 3. The quantitative estimate of drug-likeness (QED) is 0.0863. The Labute approximate surface area is 349 Å². The molecule has 2 saturated carbocycles. The molecule has 4 heterocycles. The van der Waals surface area contributed by atoms with Crippen molar-refractivity contribution in [2.75, 3.05) is 14.2 Å². The van der Waals surface area contributed by atoms with E-state index in [1.165, 1.54) is 14.2 Å². The molecule has 3 amide bonds. The zero-order chi connectivity index (χ0) is 42.1. The number of hydrogen-bond acceptors (Lipinski definition) is 9. The number of aliphatic hydroxyl groups is 1. The van der Waals surface area contributed by atoms with Gasteiger partial charge in [0.2, 0.25) is 18.2 Å². The Morgan fingerprint density at radius 3 is 2.28 bits per heavy atom.